The van der Waals surface area contributed by atoms with Crippen LogP contribution in [0, 0.1) is 5.92 Å². The first-order valence-corrected chi connectivity index (χ1v) is 9.27. The van der Waals surface area contributed by atoms with E-state index in [4.69, 9.17) is 10.6 Å². The summed E-state index contributed by atoms with van der Waals surface area (Å²) in [5.74, 6) is 6.43. The molecule has 1 saturated carbocycles. The SMILES string of the molecule is NNC(c1cc(Br)cc(Br)c1)C1CCOC2(CCCC2)C1. The number of hydrogen-bond acceptors (Lipinski definition) is 3. The second-order valence-corrected chi connectivity index (χ2v) is 8.17. The zero-order valence-electron chi connectivity index (χ0n) is 12.1. The van der Waals surface area contributed by atoms with Crippen LogP contribution >= 0.6 is 31.9 Å². The number of ether oxygens (including phenoxy) is 1. The van der Waals surface area contributed by atoms with Crippen LogP contribution in [0.3, 0.4) is 0 Å². The lowest BCUT2D eigenvalue weighted by atomic mass is 9.79. The van der Waals surface area contributed by atoms with Gasteiger partial charge in [-0.2, -0.15) is 0 Å². The van der Waals surface area contributed by atoms with Gasteiger partial charge in [-0.1, -0.05) is 44.7 Å². The number of benzene rings is 1. The fraction of sp³-hybridized carbons (Fsp3) is 0.625. The predicted octanol–water partition coefficient (Wildman–Crippen LogP) is 4.46. The molecule has 2 unspecified atom stereocenters. The van der Waals surface area contributed by atoms with Gasteiger partial charge in [0.2, 0.25) is 0 Å². The van der Waals surface area contributed by atoms with E-state index in [2.05, 4.69) is 55.5 Å². The van der Waals surface area contributed by atoms with Gasteiger partial charge in [0, 0.05) is 21.6 Å². The maximum Gasteiger partial charge on any atom is 0.0686 e. The molecule has 1 heterocycles. The van der Waals surface area contributed by atoms with E-state index in [1.165, 1.54) is 31.2 Å². The Morgan fingerprint density at radius 3 is 2.48 bits per heavy atom. The van der Waals surface area contributed by atoms with E-state index in [0.717, 1.165) is 28.4 Å². The van der Waals surface area contributed by atoms with Crippen molar-refractivity contribution in [3.05, 3.63) is 32.7 Å². The van der Waals surface area contributed by atoms with E-state index in [-0.39, 0.29) is 11.6 Å². The third kappa shape index (κ3) is 3.53. The fourth-order valence-corrected chi connectivity index (χ4v) is 5.31. The molecule has 1 aromatic rings. The molecule has 3 nitrogen and oxygen atoms in total. The molecule has 1 aromatic carbocycles. The number of nitrogens with one attached hydrogen (secondary N) is 1. The van der Waals surface area contributed by atoms with Crippen molar-refractivity contribution in [3.63, 3.8) is 0 Å². The van der Waals surface area contributed by atoms with Gasteiger partial charge in [0.05, 0.1) is 5.60 Å². The van der Waals surface area contributed by atoms with Crippen LogP contribution in [0.5, 0.6) is 0 Å². The van der Waals surface area contributed by atoms with Crippen molar-refractivity contribution in [2.45, 2.75) is 50.2 Å². The quantitative estimate of drug-likeness (QED) is 0.563. The highest BCUT2D eigenvalue weighted by Crippen LogP contribution is 2.45. The van der Waals surface area contributed by atoms with Crippen LogP contribution < -0.4 is 11.3 Å². The van der Waals surface area contributed by atoms with E-state index in [9.17, 15) is 0 Å². The van der Waals surface area contributed by atoms with Gasteiger partial charge >= 0.3 is 0 Å². The highest BCUT2D eigenvalue weighted by atomic mass is 79.9. The molecule has 21 heavy (non-hydrogen) atoms. The second-order valence-electron chi connectivity index (χ2n) is 6.34. The summed E-state index contributed by atoms with van der Waals surface area (Å²) in [6.07, 6.45) is 7.21. The Hall–Kier alpha value is 0.0600. The Morgan fingerprint density at radius 1 is 1.19 bits per heavy atom. The summed E-state index contributed by atoms with van der Waals surface area (Å²) in [6.45, 7) is 0.859. The van der Waals surface area contributed by atoms with Crippen molar-refractivity contribution < 1.29 is 4.74 Å². The summed E-state index contributed by atoms with van der Waals surface area (Å²) in [5.41, 5.74) is 4.41. The normalized spacial score (nSPS) is 26.1. The van der Waals surface area contributed by atoms with E-state index in [1.807, 2.05) is 0 Å². The topological polar surface area (TPSA) is 47.3 Å². The van der Waals surface area contributed by atoms with Crippen molar-refractivity contribution in [1.29, 1.82) is 0 Å². The minimum Gasteiger partial charge on any atom is -0.375 e. The van der Waals surface area contributed by atoms with Gasteiger partial charge in [-0.25, -0.2) is 0 Å². The van der Waals surface area contributed by atoms with Crippen molar-refractivity contribution in [2.24, 2.45) is 11.8 Å². The number of hydrogen-bond donors (Lipinski definition) is 2. The van der Waals surface area contributed by atoms with Gasteiger partial charge in [0.25, 0.3) is 0 Å². The average molecular weight is 418 g/mol. The van der Waals surface area contributed by atoms with Crippen LogP contribution in [-0.4, -0.2) is 12.2 Å². The Labute approximate surface area is 143 Å². The van der Waals surface area contributed by atoms with Crippen LogP contribution in [0.4, 0.5) is 0 Å². The molecule has 5 heteroatoms. The molecule has 1 spiro atoms. The van der Waals surface area contributed by atoms with Gasteiger partial charge in [-0.15, -0.1) is 0 Å². The minimum atomic E-state index is 0.126. The summed E-state index contributed by atoms with van der Waals surface area (Å²) in [5, 5.41) is 0. The lowest BCUT2D eigenvalue weighted by Crippen LogP contribution is -2.43. The molecule has 0 radical (unpaired) electrons. The number of hydrazine groups is 1. The minimum absolute atomic E-state index is 0.126. The lowest BCUT2D eigenvalue weighted by molar-refractivity contribution is -0.0982. The zero-order valence-corrected chi connectivity index (χ0v) is 15.3. The molecule has 3 rings (SSSR count). The highest BCUT2D eigenvalue weighted by Gasteiger charge is 2.42. The monoisotopic (exact) mass is 416 g/mol. The summed E-state index contributed by atoms with van der Waals surface area (Å²) in [6, 6.07) is 6.55. The van der Waals surface area contributed by atoms with Gasteiger partial charge in [0.1, 0.15) is 0 Å². The number of rotatable bonds is 3. The largest absolute Gasteiger partial charge is 0.375 e. The first-order valence-electron chi connectivity index (χ1n) is 7.68. The molecular weight excluding hydrogens is 396 g/mol. The molecule has 0 aromatic heterocycles. The molecule has 1 aliphatic carbocycles. The Morgan fingerprint density at radius 2 is 1.86 bits per heavy atom. The van der Waals surface area contributed by atoms with E-state index < -0.39 is 0 Å². The van der Waals surface area contributed by atoms with Crippen molar-refractivity contribution >= 4 is 31.9 Å². The van der Waals surface area contributed by atoms with Crippen LogP contribution in [0.25, 0.3) is 0 Å². The molecule has 2 aliphatic rings. The zero-order chi connectivity index (χ0) is 14.9. The third-order valence-electron chi connectivity index (χ3n) is 4.94. The molecule has 3 N–H and O–H groups in total. The van der Waals surface area contributed by atoms with Crippen molar-refractivity contribution in [1.82, 2.24) is 5.43 Å². The Kier molecular flexibility index (Phi) is 5.06. The summed E-state index contributed by atoms with van der Waals surface area (Å²) >= 11 is 7.14. The van der Waals surface area contributed by atoms with E-state index in [1.54, 1.807) is 0 Å². The Balaban J connectivity index is 1.82. The molecule has 1 saturated heterocycles. The van der Waals surface area contributed by atoms with Crippen molar-refractivity contribution in [2.75, 3.05) is 6.61 Å². The maximum atomic E-state index is 6.15. The number of nitrogens with two attached hydrogens (primary N) is 1. The average Bonchev–Trinajstić information content (AvgIpc) is 2.86. The van der Waals surface area contributed by atoms with Gasteiger partial charge in [0.15, 0.2) is 0 Å². The fourth-order valence-electron chi connectivity index (χ4n) is 3.98. The van der Waals surface area contributed by atoms with Crippen LogP contribution in [-0.2, 0) is 4.74 Å². The van der Waals surface area contributed by atoms with Crippen molar-refractivity contribution in [3.8, 4) is 0 Å². The van der Waals surface area contributed by atoms with Crippen LogP contribution in [0.2, 0.25) is 0 Å². The number of halogens is 2. The molecule has 116 valence electrons. The van der Waals surface area contributed by atoms with Crippen LogP contribution in [0.1, 0.15) is 50.1 Å². The molecule has 0 amide bonds. The van der Waals surface area contributed by atoms with E-state index in [0.29, 0.717) is 5.92 Å². The Bertz CT molecular complexity index is 483. The van der Waals surface area contributed by atoms with Gasteiger partial charge < -0.3 is 4.74 Å². The molecule has 2 fully saturated rings. The first kappa shape index (κ1) is 15.9. The first-order chi connectivity index (χ1) is 10.1. The summed E-state index contributed by atoms with van der Waals surface area (Å²) in [7, 11) is 0. The predicted molar refractivity (Wildman–Crippen MR) is 91.8 cm³/mol. The molecular formula is C16H22Br2N2O. The van der Waals surface area contributed by atoms with Crippen LogP contribution in [0.15, 0.2) is 27.1 Å². The second kappa shape index (κ2) is 6.67. The smallest absolute Gasteiger partial charge is 0.0686 e. The summed E-state index contributed by atoms with van der Waals surface area (Å²) in [4.78, 5) is 0. The maximum absolute atomic E-state index is 6.15. The van der Waals surface area contributed by atoms with E-state index >= 15 is 0 Å². The third-order valence-corrected chi connectivity index (χ3v) is 5.86. The highest BCUT2D eigenvalue weighted by molar-refractivity contribution is 9.11. The standard InChI is InChI=1S/C16H22Br2N2O/c17-13-7-12(8-14(18)9-13)15(20-19)11-3-6-21-16(10-11)4-1-2-5-16/h7-9,11,15,20H,1-6,10,19H2. The molecule has 1 aliphatic heterocycles. The molecule has 2 atom stereocenters. The summed E-state index contributed by atoms with van der Waals surface area (Å²) < 4.78 is 8.30. The van der Waals surface area contributed by atoms with Gasteiger partial charge in [-0.05, 0) is 55.4 Å². The molecule has 0 bridgehead atoms. The lowest BCUT2D eigenvalue weighted by Gasteiger charge is -2.41. The van der Waals surface area contributed by atoms with Gasteiger partial charge in [-0.3, -0.25) is 11.3 Å².